The molecule has 0 saturated carbocycles. The molecule has 1 heterocycles. The van der Waals surface area contributed by atoms with E-state index < -0.39 is 0 Å². The second-order valence-electron chi connectivity index (χ2n) is 5.80. The zero-order valence-corrected chi connectivity index (χ0v) is 12.6. The SMILES string of the molecule is Cc1ccc(C)c(CC(=O)c2ccc3c(c2)CCCO3)c1. The molecule has 0 amide bonds. The molecule has 0 bridgehead atoms. The largest absolute Gasteiger partial charge is 0.493 e. The highest BCUT2D eigenvalue weighted by Crippen LogP contribution is 2.26. The molecule has 0 fully saturated rings. The van der Waals surface area contributed by atoms with Gasteiger partial charge in [-0.1, -0.05) is 23.8 Å². The van der Waals surface area contributed by atoms with Crippen LogP contribution in [0.25, 0.3) is 0 Å². The Hall–Kier alpha value is -2.09. The number of rotatable bonds is 3. The van der Waals surface area contributed by atoms with Gasteiger partial charge in [-0.15, -0.1) is 0 Å². The Balaban J connectivity index is 1.83. The molecule has 0 atom stereocenters. The maximum absolute atomic E-state index is 12.5. The standard InChI is InChI=1S/C19H20O2/c1-13-5-6-14(2)17(10-13)12-18(20)15-7-8-19-16(11-15)4-3-9-21-19/h5-8,10-11H,3-4,9,12H2,1-2H3. The van der Waals surface area contributed by atoms with E-state index in [0.29, 0.717) is 6.42 Å². The number of ketones is 1. The molecule has 0 radical (unpaired) electrons. The molecule has 2 aromatic rings. The van der Waals surface area contributed by atoms with Gasteiger partial charge in [-0.3, -0.25) is 4.79 Å². The van der Waals surface area contributed by atoms with Gasteiger partial charge in [0.1, 0.15) is 5.75 Å². The third-order valence-electron chi connectivity index (χ3n) is 4.09. The molecule has 0 saturated heterocycles. The molecule has 2 aromatic carbocycles. The van der Waals surface area contributed by atoms with Gasteiger partial charge in [0.25, 0.3) is 0 Å². The van der Waals surface area contributed by atoms with Crippen LogP contribution in [0.5, 0.6) is 5.75 Å². The van der Waals surface area contributed by atoms with Gasteiger partial charge in [0.15, 0.2) is 5.78 Å². The van der Waals surface area contributed by atoms with Crippen LogP contribution in [0.3, 0.4) is 0 Å². The number of hydrogen-bond donors (Lipinski definition) is 0. The van der Waals surface area contributed by atoms with E-state index in [9.17, 15) is 4.79 Å². The van der Waals surface area contributed by atoms with E-state index in [2.05, 4.69) is 32.0 Å². The number of carbonyl (C=O) groups excluding carboxylic acids is 1. The maximum Gasteiger partial charge on any atom is 0.167 e. The van der Waals surface area contributed by atoms with E-state index in [1.54, 1.807) is 0 Å². The zero-order valence-electron chi connectivity index (χ0n) is 12.6. The molecule has 0 spiro atoms. The van der Waals surface area contributed by atoms with Crippen LogP contribution < -0.4 is 4.74 Å². The molecule has 2 nitrogen and oxygen atoms in total. The topological polar surface area (TPSA) is 26.3 Å². The average molecular weight is 280 g/mol. The fraction of sp³-hybridized carbons (Fsp3) is 0.316. The predicted octanol–water partition coefficient (Wildman–Crippen LogP) is 4.05. The van der Waals surface area contributed by atoms with Crippen LogP contribution in [0.1, 0.15) is 39.0 Å². The van der Waals surface area contributed by atoms with Gasteiger partial charge >= 0.3 is 0 Å². The van der Waals surface area contributed by atoms with Gasteiger partial charge < -0.3 is 4.74 Å². The lowest BCUT2D eigenvalue weighted by molar-refractivity contribution is 0.0992. The van der Waals surface area contributed by atoms with Gasteiger partial charge in [0, 0.05) is 12.0 Å². The van der Waals surface area contributed by atoms with Crippen molar-refractivity contribution >= 4 is 5.78 Å². The molecule has 0 aliphatic carbocycles. The van der Waals surface area contributed by atoms with Crippen LogP contribution in [0.15, 0.2) is 36.4 Å². The van der Waals surface area contributed by atoms with Gasteiger partial charge in [-0.05, 0) is 61.6 Å². The summed E-state index contributed by atoms with van der Waals surface area (Å²) in [4.78, 5) is 12.5. The van der Waals surface area contributed by atoms with Gasteiger partial charge in [-0.25, -0.2) is 0 Å². The molecule has 2 heteroatoms. The lowest BCUT2D eigenvalue weighted by Gasteiger charge is -2.17. The number of Topliss-reactive ketones (excluding diaryl/α,β-unsaturated/α-hetero) is 1. The third kappa shape index (κ3) is 2.99. The quantitative estimate of drug-likeness (QED) is 0.793. The second kappa shape index (κ2) is 5.72. The summed E-state index contributed by atoms with van der Waals surface area (Å²) in [7, 11) is 0. The Kier molecular flexibility index (Phi) is 3.78. The van der Waals surface area contributed by atoms with E-state index in [0.717, 1.165) is 41.9 Å². The van der Waals surface area contributed by atoms with Crippen molar-refractivity contribution in [2.24, 2.45) is 0 Å². The minimum atomic E-state index is 0.178. The third-order valence-corrected chi connectivity index (χ3v) is 4.09. The first-order valence-corrected chi connectivity index (χ1v) is 7.48. The summed E-state index contributed by atoms with van der Waals surface area (Å²) in [6.07, 6.45) is 2.49. The summed E-state index contributed by atoms with van der Waals surface area (Å²) in [5.41, 5.74) is 5.44. The lowest BCUT2D eigenvalue weighted by Crippen LogP contribution is -2.11. The summed E-state index contributed by atoms with van der Waals surface area (Å²) in [6, 6.07) is 12.1. The van der Waals surface area contributed by atoms with Crippen molar-refractivity contribution in [3.63, 3.8) is 0 Å². The molecule has 21 heavy (non-hydrogen) atoms. The molecular weight excluding hydrogens is 260 g/mol. The van der Waals surface area contributed by atoms with Crippen LogP contribution in [0.2, 0.25) is 0 Å². The first kappa shape index (κ1) is 13.9. The summed E-state index contributed by atoms with van der Waals surface area (Å²) in [5.74, 6) is 1.11. The first-order valence-electron chi connectivity index (χ1n) is 7.48. The van der Waals surface area contributed by atoms with Crippen molar-refractivity contribution in [2.45, 2.75) is 33.1 Å². The highest BCUT2D eigenvalue weighted by atomic mass is 16.5. The minimum Gasteiger partial charge on any atom is -0.493 e. The van der Waals surface area contributed by atoms with Crippen molar-refractivity contribution in [3.05, 3.63) is 64.2 Å². The molecular formula is C19H20O2. The van der Waals surface area contributed by atoms with Crippen LogP contribution in [-0.4, -0.2) is 12.4 Å². The predicted molar refractivity (Wildman–Crippen MR) is 84.2 cm³/mol. The molecule has 3 rings (SSSR count). The highest BCUT2D eigenvalue weighted by Gasteiger charge is 2.14. The first-order chi connectivity index (χ1) is 10.1. The van der Waals surface area contributed by atoms with Gasteiger partial charge in [0.05, 0.1) is 6.61 Å². The Labute approximate surface area is 125 Å². The van der Waals surface area contributed by atoms with Crippen molar-refractivity contribution in [2.75, 3.05) is 6.61 Å². The normalized spacial score (nSPS) is 13.4. The van der Waals surface area contributed by atoms with Crippen molar-refractivity contribution in [1.82, 2.24) is 0 Å². The summed E-state index contributed by atoms with van der Waals surface area (Å²) in [5, 5.41) is 0. The van der Waals surface area contributed by atoms with Crippen LogP contribution >= 0.6 is 0 Å². The smallest absolute Gasteiger partial charge is 0.167 e. The maximum atomic E-state index is 12.5. The Morgan fingerprint density at radius 3 is 2.86 bits per heavy atom. The van der Waals surface area contributed by atoms with Crippen LogP contribution in [0, 0.1) is 13.8 Å². The zero-order chi connectivity index (χ0) is 14.8. The van der Waals surface area contributed by atoms with E-state index in [4.69, 9.17) is 4.74 Å². The number of carbonyl (C=O) groups is 1. The van der Waals surface area contributed by atoms with Gasteiger partial charge in [0.2, 0.25) is 0 Å². The Morgan fingerprint density at radius 1 is 1.14 bits per heavy atom. The van der Waals surface area contributed by atoms with Gasteiger partial charge in [-0.2, -0.15) is 0 Å². The fourth-order valence-electron chi connectivity index (χ4n) is 2.80. The number of benzene rings is 2. The fourth-order valence-corrected chi connectivity index (χ4v) is 2.80. The number of aryl methyl sites for hydroxylation is 3. The monoisotopic (exact) mass is 280 g/mol. The summed E-state index contributed by atoms with van der Waals surface area (Å²) < 4.78 is 5.60. The number of fused-ring (bicyclic) bond motifs is 1. The van der Waals surface area contributed by atoms with E-state index in [-0.39, 0.29) is 5.78 Å². The highest BCUT2D eigenvalue weighted by molar-refractivity contribution is 5.98. The molecule has 0 unspecified atom stereocenters. The molecule has 0 N–H and O–H groups in total. The number of ether oxygens (including phenoxy) is 1. The van der Waals surface area contributed by atoms with Crippen LogP contribution in [0.4, 0.5) is 0 Å². The summed E-state index contributed by atoms with van der Waals surface area (Å²) >= 11 is 0. The average Bonchev–Trinajstić information content (AvgIpc) is 2.50. The van der Waals surface area contributed by atoms with E-state index in [1.807, 2.05) is 18.2 Å². The molecule has 1 aliphatic rings. The second-order valence-corrected chi connectivity index (χ2v) is 5.80. The van der Waals surface area contributed by atoms with E-state index >= 15 is 0 Å². The van der Waals surface area contributed by atoms with E-state index in [1.165, 1.54) is 11.1 Å². The molecule has 1 aliphatic heterocycles. The molecule has 108 valence electrons. The van der Waals surface area contributed by atoms with Crippen molar-refractivity contribution in [1.29, 1.82) is 0 Å². The molecule has 0 aromatic heterocycles. The van der Waals surface area contributed by atoms with Crippen molar-refractivity contribution in [3.8, 4) is 5.75 Å². The minimum absolute atomic E-state index is 0.178. The van der Waals surface area contributed by atoms with Crippen molar-refractivity contribution < 1.29 is 9.53 Å². The Bertz CT molecular complexity index is 686. The van der Waals surface area contributed by atoms with Crippen LogP contribution in [-0.2, 0) is 12.8 Å². The summed E-state index contributed by atoms with van der Waals surface area (Å²) in [6.45, 7) is 4.90. The lowest BCUT2D eigenvalue weighted by atomic mass is 9.95. The number of hydrogen-bond acceptors (Lipinski definition) is 2. The Morgan fingerprint density at radius 2 is 2.00 bits per heavy atom.